The molecule has 3 atom stereocenters. The standard InChI is InChI=1S/C54H98N6O14/c1-53(2,3)50(67)42(59-54(4,5)6)24-21-22-30-55-46(62)40-73-38-36-71-34-31-56-47(63)41-74-39-37-72-35-32-57-51(68)44-25-23-33-60(44)48(64)29-28-43(52(69)70)58-45(61)26-19-17-15-13-11-9-7-8-10-12-14-16-18-20-27-49(65)66/h42-44,59H,7-41H2,1-6H3,(H,55,62)(H,56,63)(H,57,68)(H,58,61)(H,65,66)(H,69,70)/t42?,43-,44-/m0/s1. The number of carboxylic acids is 2. The van der Waals surface area contributed by atoms with Crippen molar-refractivity contribution in [1.82, 2.24) is 31.5 Å². The molecule has 7 N–H and O–H groups in total. The van der Waals surface area contributed by atoms with Gasteiger partial charge in [0.05, 0.1) is 45.7 Å². The number of nitrogens with zero attached hydrogens (tertiary/aromatic N) is 1. The summed E-state index contributed by atoms with van der Waals surface area (Å²) < 4.78 is 21.7. The largest absolute Gasteiger partial charge is 0.481 e. The van der Waals surface area contributed by atoms with Gasteiger partial charge in [-0.2, -0.15) is 0 Å². The number of amides is 5. The number of hydrogen-bond donors (Lipinski definition) is 7. The van der Waals surface area contributed by atoms with Gasteiger partial charge >= 0.3 is 11.9 Å². The summed E-state index contributed by atoms with van der Waals surface area (Å²) in [6, 6.07) is -2.11. The van der Waals surface area contributed by atoms with Gasteiger partial charge in [-0.05, 0) is 72.1 Å². The van der Waals surface area contributed by atoms with Gasteiger partial charge in [-0.3, -0.25) is 33.6 Å². The number of ether oxygens (including phenoxy) is 4. The monoisotopic (exact) mass is 1050 g/mol. The minimum Gasteiger partial charge on any atom is -0.481 e. The lowest BCUT2D eigenvalue weighted by molar-refractivity contribution is -0.143. The Bertz CT molecular complexity index is 1620. The molecule has 0 aromatic rings. The first-order chi connectivity index (χ1) is 35.2. The molecule has 0 spiro atoms. The Balaban J connectivity index is 2.07. The van der Waals surface area contributed by atoms with E-state index < -0.39 is 29.4 Å². The molecule has 0 saturated carbocycles. The molecule has 1 heterocycles. The second kappa shape index (κ2) is 41.0. The van der Waals surface area contributed by atoms with E-state index in [1.165, 1.54) is 43.4 Å². The van der Waals surface area contributed by atoms with E-state index in [1.54, 1.807) is 0 Å². The van der Waals surface area contributed by atoms with Crippen LogP contribution in [0.15, 0.2) is 0 Å². The number of unbranched alkanes of at least 4 members (excludes halogenated alkanes) is 14. The number of carbonyl (C=O) groups excluding carboxylic acids is 6. The molecule has 1 rings (SSSR count). The van der Waals surface area contributed by atoms with Crippen LogP contribution in [0.1, 0.15) is 189 Å². The maximum absolute atomic E-state index is 13.1. The third kappa shape index (κ3) is 36.7. The van der Waals surface area contributed by atoms with Crippen LogP contribution in [-0.2, 0) is 57.3 Å². The van der Waals surface area contributed by atoms with Crippen LogP contribution in [0.5, 0.6) is 0 Å². The first-order valence-corrected chi connectivity index (χ1v) is 27.7. The lowest BCUT2D eigenvalue weighted by Crippen LogP contribution is -2.50. The predicted molar refractivity (Wildman–Crippen MR) is 282 cm³/mol. The fourth-order valence-corrected chi connectivity index (χ4v) is 8.47. The normalized spacial score (nSPS) is 14.6. The summed E-state index contributed by atoms with van der Waals surface area (Å²) in [4.78, 5) is 99.6. The van der Waals surface area contributed by atoms with Crippen molar-refractivity contribution in [3.8, 4) is 0 Å². The Morgan fingerprint density at radius 1 is 0.527 bits per heavy atom. The zero-order valence-corrected chi connectivity index (χ0v) is 46.2. The Morgan fingerprint density at radius 3 is 1.51 bits per heavy atom. The van der Waals surface area contributed by atoms with E-state index in [0.717, 1.165) is 57.8 Å². The van der Waals surface area contributed by atoms with E-state index in [4.69, 9.17) is 24.1 Å². The van der Waals surface area contributed by atoms with Crippen LogP contribution in [0, 0.1) is 5.41 Å². The first kappa shape index (κ1) is 67.8. The summed E-state index contributed by atoms with van der Waals surface area (Å²) in [6.45, 7) is 14.3. The highest BCUT2D eigenvalue weighted by atomic mass is 16.5. The van der Waals surface area contributed by atoms with Gasteiger partial charge in [-0.1, -0.05) is 97.8 Å². The summed E-state index contributed by atoms with van der Waals surface area (Å²) >= 11 is 0. The Morgan fingerprint density at radius 2 is 1.01 bits per heavy atom. The van der Waals surface area contributed by atoms with Crippen molar-refractivity contribution < 1.29 is 67.5 Å². The van der Waals surface area contributed by atoms with Crippen LogP contribution >= 0.6 is 0 Å². The first-order valence-electron chi connectivity index (χ1n) is 27.7. The summed E-state index contributed by atoms with van der Waals surface area (Å²) in [5.74, 6) is -3.30. The molecule has 1 aliphatic rings. The summed E-state index contributed by atoms with van der Waals surface area (Å²) in [5.41, 5.74) is -0.621. The molecule has 0 aliphatic carbocycles. The zero-order valence-electron chi connectivity index (χ0n) is 46.2. The number of hydrogen-bond acceptors (Lipinski definition) is 13. The number of Topliss-reactive ketones (excluding diaryl/α,β-unsaturated/α-hetero) is 1. The molecule has 0 aromatic heterocycles. The smallest absolute Gasteiger partial charge is 0.326 e. The summed E-state index contributed by atoms with van der Waals surface area (Å²) in [7, 11) is 0. The fourth-order valence-electron chi connectivity index (χ4n) is 8.47. The number of rotatable bonds is 46. The van der Waals surface area contributed by atoms with Gasteiger partial charge in [-0.25, -0.2) is 4.79 Å². The minimum atomic E-state index is -1.21. The van der Waals surface area contributed by atoms with Gasteiger partial charge in [-0.15, -0.1) is 0 Å². The lowest BCUT2D eigenvalue weighted by atomic mass is 9.84. The number of nitrogens with one attached hydrogen (secondary N) is 5. The summed E-state index contributed by atoms with van der Waals surface area (Å²) in [5, 5.41) is 32.7. The van der Waals surface area contributed by atoms with Crippen LogP contribution in [0.2, 0.25) is 0 Å². The second-order valence-electron chi connectivity index (χ2n) is 21.5. The number of aliphatic carboxylic acids is 2. The van der Waals surface area contributed by atoms with Crippen molar-refractivity contribution in [3.05, 3.63) is 0 Å². The topological polar surface area (TPSA) is 277 Å². The van der Waals surface area contributed by atoms with Gasteiger partial charge in [0.25, 0.3) is 0 Å². The van der Waals surface area contributed by atoms with Crippen LogP contribution in [-0.4, -0.2) is 165 Å². The molecular weight excluding hydrogens is 957 g/mol. The van der Waals surface area contributed by atoms with E-state index in [9.17, 15) is 43.5 Å². The van der Waals surface area contributed by atoms with Gasteiger partial charge < -0.3 is 60.6 Å². The van der Waals surface area contributed by atoms with Gasteiger partial charge in [0.15, 0.2) is 5.78 Å². The van der Waals surface area contributed by atoms with Crippen molar-refractivity contribution in [1.29, 1.82) is 0 Å². The number of ketones is 1. The fraction of sp³-hybridized carbons (Fsp3) is 0.852. The van der Waals surface area contributed by atoms with E-state index in [1.807, 2.05) is 41.5 Å². The molecule has 1 saturated heterocycles. The van der Waals surface area contributed by atoms with Gasteiger partial charge in [0.1, 0.15) is 25.3 Å². The highest BCUT2D eigenvalue weighted by Crippen LogP contribution is 2.22. The molecule has 0 bridgehead atoms. The van der Waals surface area contributed by atoms with E-state index in [0.29, 0.717) is 38.8 Å². The highest BCUT2D eigenvalue weighted by molar-refractivity contribution is 5.89. The number of carbonyl (C=O) groups is 8. The average molecular weight is 1060 g/mol. The minimum absolute atomic E-state index is 0.0755. The quantitative estimate of drug-likeness (QED) is 0.0365. The molecule has 20 heteroatoms. The predicted octanol–water partition coefficient (Wildman–Crippen LogP) is 5.61. The molecule has 1 aliphatic heterocycles. The SMILES string of the molecule is CC(C)(C)NC(CCCCNC(=O)COCCOCCNC(=O)COCCOCCNC(=O)[C@@H]1CCCN1C(=O)CC[C@H](NC(=O)CCCCCCCCCCCCCCCCC(=O)O)C(=O)O)C(=O)C(C)(C)C. The van der Waals surface area contributed by atoms with Crippen molar-refractivity contribution >= 4 is 47.3 Å². The molecule has 1 fully saturated rings. The molecule has 1 unspecified atom stereocenters. The lowest BCUT2D eigenvalue weighted by Gasteiger charge is -2.31. The number of carboxylic acid groups (broad SMARTS) is 2. The molecule has 428 valence electrons. The Labute approximate surface area is 442 Å². The summed E-state index contributed by atoms with van der Waals surface area (Å²) in [6.07, 6.45) is 18.5. The van der Waals surface area contributed by atoms with E-state index >= 15 is 0 Å². The van der Waals surface area contributed by atoms with Crippen molar-refractivity contribution in [3.63, 3.8) is 0 Å². The zero-order chi connectivity index (χ0) is 55.0. The maximum atomic E-state index is 13.1. The third-order valence-corrected chi connectivity index (χ3v) is 12.4. The van der Waals surface area contributed by atoms with Gasteiger partial charge in [0.2, 0.25) is 29.5 Å². The van der Waals surface area contributed by atoms with Crippen molar-refractivity contribution in [2.75, 3.05) is 79.0 Å². The van der Waals surface area contributed by atoms with Crippen LogP contribution in [0.25, 0.3) is 0 Å². The Hall–Kier alpha value is -4.24. The molecular formula is C54H98N6O14. The van der Waals surface area contributed by atoms with Crippen molar-refractivity contribution in [2.24, 2.45) is 5.41 Å². The van der Waals surface area contributed by atoms with E-state index in [2.05, 4.69) is 26.6 Å². The van der Waals surface area contributed by atoms with E-state index in [-0.39, 0.29) is 139 Å². The molecule has 20 nitrogen and oxygen atoms in total. The Kier molecular flexibility index (Phi) is 37.5. The molecule has 0 radical (unpaired) electrons. The molecule has 5 amide bonds. The van der Waals surface area contributed by atoms with Crippen LogP contribution in [0.4, 0.5) is 0 Å². The number of likely N-dealkylation sites (tertiary alicyclic amines) is 1. The maximum Gasteiger partial charge on any atom is 0.326 e. The highest BCUT2D eigenvalue weighted by Gasteiger charge is 2.35. The molecule has 0 aromatic carbocycles. The average Bonchev–Trinajstić information content (AvgIpc) is 3.83. The van der Waals surface area contributed by atoms with Crippen LogP contribution < -0.4 is 26.6 Å². The molecule has 74 heavy (non-hydrogen) atoms. The second-order valence-corrected chi connectivity index (χ2v) is 21.5. The third-order valence-electron chi connectivity index (χ3n) is 12.4. The van der Waals surface area contributed by atoms with Crippen molar-refractivity contribution in [2.45, 2.75) is 213 Å². The van der Waals surface area contributed by atoms with Crippen LogP contribution in [0.3, 0.4) is 0 Å². The van der Waals surface area contributed by atoms with Gasteiger partial charge in [0, 0.05) is 56.4 Å².